The lowest BCUT2D eigenvalue weighted by atomic mass is 9.55. The third-order valence-electron chi connectivity index (χ3n) is 5.62. The van der Waals surface area contributed by atoms with Crippen LogP contribution in [0.3, 0.4) is 0 Å². The van der Waals surface area contributed by atoms with Gasteiger partial charge < -0.3 is 9.29 Å². The van der Waals surface area contributed by atoms with Crippen molar-refractivity contribution in [2.24, 2.45) is 29.6 Å². The minimum absolute atomic E-state index is 0.202. The molecule has 4 fully saturated rings. The SMILES string of the molecule is O=C(OC1C2CC3CC(C2)CC1C3)C(C(F)(F)F)C(F)(F)S(=O)(=O)[O-]. The average molecular weight is 391 g/mol. The maximum Gasteiger partial charge on any atom is 0.409 e. The third kappa shape index (κ3) is 3.24. The van der Waals surface area contributed by atoms with E-state index in [1.807, 2.05) is 0 Å². The number of carbonyl (C=O) groups excluding carboxylic acids is 1. The molecule has 0 aromatic rings. The first-order valence-corrected chi connectivity index (χ1v) is 9.32. The summed E-state index contributed by atoms with van der Waals surface area (Å²) >= 11 is 0. The van der Waals surface area contributed by atoms with Gasteiger partial charge in [0.2, 0.25) is 5.92 Å². The summed E-state index contributed by atoms with van der Waals surface area (Å²) in [4.78, 5) is 11.8. The molecule has 0 heterocycles. The summed E-state index contributed by atoms with van der Waals surface area (Å²) in [7, 11) is -6.70. The Morgan fingerprint density at radius 2 is 1.40 bits per heavy atom. The van der Waals surface area contributed by atoms with Gasteiger partial charge in [0.1, 0.15) is 6.10 Å². The van der Waals surface area contributed by atoms with Crippen LogP contribution in [0.4, 0.5) is 22.0 Å². The minimum Gasteiger partial charge on any atom is -0.743 e. The molecule has 1 atom stereocenters. The van der Waals surface area contributed by atoms with E-state index in [-0.39, 0.29) is 11.8 Å². The largest absolute Gasteiger partial charge is 0.743 e. The zero-order valence-electron chi connectivity index (χ0n) is 12.8. The van der Waals surface area contributed by atoms with Gasteiger partial charge in [0.15, 0.2) is 10.1 Å². The molecule has 0 amide bonds. The predicted molar refractivity (Wildman–Crippen MR) is 71.1 cm³/mol. The number of halogens is 5. The van der Waals surface area contributed by atoms with Crippen LogP contribution < -0.4 is 0 Å². The first kappa shape index (κ1) is 18.8. The van der Waals surface area contributed by atoms with E-state index in [0.29, 0.717) is 37.5 Å². The van der Waals surface area contributed by atoms with Gasteiger partial charge in [-0.25, -0.2) is 8.42 Å². The highest BCUT2D eigenvalue weighted by Crippen LogP contribution is 2.55. The van der Waals surface area contributed by atoms with E-state index in [1.54, 1.807) is 0 Å². The molecule has 25 heavy (non-hydrogen) atoms. The highest BCUT2D eigenvalue weighted by atomic mass is 32.2. The van der Waals surface area contributed by atoms with Crippen molar-refractivity contribution in [3.63, 3.8) is 0 Å². The zero-order valence-corrected chi connectivity index (χ0v) is 13.7. The van der Waals surface area contributed by atoms with Gasteiger partial charge in [-0.1, -0.05) is 0 Å². The molecule has 11 heteroatoms. The highest BCUT2D eigenvalue weighted by Gasteiger charge is 2.65. The zero-order chi connectivity index (χ0) is 18.8. The lowest BCUT2D eigenvalue weighted by molar-refractivity contribution is -0.237. The first-order chi connectivity index (χ1) is 11.3. The fourth-order valence-electron chi connectivity index (χ4n) is 4.88. The second-order valence-corrected chi connectivity index (χ2v) is 8.78. The summed E-state index contributed by atoms with van der Waals surface area (Å²) in [5.74, 6) is -6.31. The van der Waals surface area contributed by atoms with Gasteiger partial charge in [-0.2, -0.15) is 22.0 Å². The standard InChI is InChI=1S/C14H17F5O5S/c15-13(16,17)11(14(18,19)25(21,22)23)12(20)24-10-8-2-6-1-7(4-8)5-9(10)3-6/h6-11H,1-5H2,(H,21,22,23)/p-1. The maximum absolute atomic E-state index is 13.5. The van der Waals surface area contributed by atoms with Gasteiger partial charge >= 0.3 is 17.4 Å². The maximum atomic E-state index is 13.5. The molecule has 0 saturated heterocycles. The molecule has 1 unspecified atom stereocenters. The lowest BCUT2D eigenvalue weighted by Crippen LogP contribution is -2.54. The molecule has 0 spiro atoms. The van der Waals surface area contributed by atoms with E-state index in [0.717, 1.165) is 6.42 Å². The number of hydrogen-bond donors (Lipinski definition) is 0. The van der Waals surface area contributed by atoms with Gasteiger partial charge in [0, 0.05) is 0 Å². The fraction of sp³-hybridized carbons (Fsp3) is 0.929. The number of esters is 1. The van der Waals surface area contributed by atoms with Crippen molar-refractivity contribution >= 4 is 16.1 Å². The summed E-state index contributed by atoms with van der Waals surface area (Å²) < 4.78 is 102. The molecular formula is C14H16F5O5S-. The van der Waals surface area contributed by atoms with Crippen LogP contribution in [0.5, 0.6) is 0 Å². The molecule has 144 valence electrons. The third-order valence-corrected chi connectivity index (χ3v) is 6.53. The lowest BCUT2D eigenvalue weighted by Gasteiger charge is -2.53. The average Bonchev–Trinajstić information content (AvgIpc) is 2.38. The van der Waals surface area contributed by atoms with E-state index in [9.17, 15) is 39.7 Å². The summed E-state index contributed by atoms with van der Waals surface area (Å²) in [6.45, 7) is 0. The molecular weight excluding hydrogens is 375 g/mol. The van der Waals surface area contributed by atoms with Crippen LogP contribution in [0.1, 0.15) is 32.1 Å². The fourth-order valence-corrected chi connectivity index (χ4v) is 5.39. The number of alkyl halides is 5. The van der Waals surface area contributed by atoms with Crippen molar-refractivity contribution in [3.8, 4) is 0 Å². The molecule has 5 nitrogen and oxygen atoms in total. The second kappa shape index (κ2) is 5.77. The van der Waals surface area contributed by atoms with Crippen molar-refractivity contribution in [3.05, 3.63) is 0 Å². The molecule has 0 N–H and O–H groups in total. The Morgan fingerprint density at radius 3 is 1.76 bits per heavy atom. The Balaban J connectivity index is 1.82. The van der Waals surface area contributed by atoms with E-state index in [4.69, 9.17) is 4.74 Å². The molecule has 4 rings (SSSR count). The molecule has 4 bridgehead atoms. The van der Waals surface area contributed by atoms with E-state index >= 15 is 0 Å². The quantitative estimate of drug-likeness (QED) is 0.418. The van der Waals surface area contributed by atoms with E-state index in [2.05, 4.69) is 0 Å². The minimum atomic E-state index is -6.70. The number of rotatable bonds is 4. The van der Waals surface area contributed by atoms with Crippen LogP contribution >= 0.6 is 0 Å². The second-order valence-electron chi connectivity index (χ2n) is 7.32. The van der Waals surface area contributed by atoms with Crippen LogP contribution in [0.15, 0.2) is 0 Å². The molecule has 4 aliphatic carbocycles. The van der Waals surface area contributed by atoms with E-state index < -0.39 is 39.5 Å². The normalized spacial score (nSPS) is 36.3. The number of carbonyl (C=O) groups is 1. The van der Waals surface area contributed by atoms with Crippen molar-refractivity contribution in [1.82, 2.24) is 0 Å². The molecule has 4 saturated carbocycles. The van der Waals surface area contributed by atoms with Crippen LogP contribution in [0, 0.1) is 29.6 Å². The molecule has 4 aliphatic rings. The first-order valence-electron chi connectivity index (χ1n) is 7.91. The monoisotopic (exact) mass is 391 g/mol. The van der Waals surface area contributed by atoms with Crippen molar-refractivity contribution in [1.29, 1.82) is 0 Å². The van der Waals surface area contributed by atoms with Crippen LogP contribution in [-0.2, 0) is 19.6 Å². The predicted octanol–water partition coefficient (Wildman–Crippen LogP) is 2.67. The van der Waals surface area contributed by atoms with Gasteiger partial charge in [-0.3, -0.25) is 4.79 Å². The molecule has 0 aromatic heterocycles. The van der Waals surface area contributed by atoms with Crippen molar-refractivity contribution < 1.29 is 44.5 Å². The molecule has 0 aliphatic heterocycles. The van der Waals surface area contributed by atoms with Crippen molar-refractivity contribution in [2.45, 2.75) is 49.6 Å². The van der Waals surface area contributed by atoms with Gasteiger partial charge in [0.05, 0.1) is 0 Å². The Morgan fingerprint density at radius 1 is 0.960 bits per heavy atom. The Labute approximate surface area is 140 Å². The summed E-state index contributed by atoms with van der Waals surface area (Å²) in [5.41, 5.74) is 0. The summed E-state index contributed by atoms with van der Waals surface area (Å²) in [6, 6.07) is 0. The summed E-state index contributed by atoms with van der Waals surface area (Å²) in [6.07, 6.45) is -3.24. The Hall–Kier alpha value is -0.970. The van der Waals surface area contributed by atoms with Gasteiger partial charge in [-0.15, -0.1) is 0 Å². The van der Waals surface area contributed by atoms with E-state index in [1.165, 1.54) is 0 Å². The van der Waals surface area contributed by atoms with Crippen molar-refractivity contribution in [2.75, 3.05) is 0 Å². The summed E-state index contributed by atoms with van der Waals surface area (Å²) in [5, 5.41) is -5.83. The topological polar surface area (TPSA) is 83.5 Å². The van der Waals surface area contributed by atoms with Crippen LogP contribution in [-0.4, -0.2) is 36.5 Å². The van der Waals surface area contributed by atoms with Crippen LogP contribution in [0.2, 0.25) is 0 Å². The van der Waals surface area contributed by atoms with Gasteiger partial charge in [-0.05, 0) is 55.8 Å². The molecule has 0 aromatic carbocycles. The highest BCUT2D eigenvalue weighted by molar-refractivity contribution is 7.86. The Kier molecular flexibility index (Phi) is 4.34. The smallest absolute Gasteiger partial charge is 0.409 e. The Bertz CT molecular complexity index is 631. The molecule has 0 radical (unpaired) electrons. The van der Waals surface area contributed by atoms with Crippen LogP contribution in [0.25, 0.3) is 0 Å². The van der Waals surface area contributed by atoms with Gasteiger partial charge in [0.25, 0.3) is 0 Å². The number of hydrogen-bond acceptors (Lipinski definition) is 5. The number of ether oxygens (including phenoxy) is 1.